The highest BCUT2D eigenvalue weighted by Crippen LogP contribution is 2.24. The van der Waals surface area contributed by atoms with E-state index in [0.717, 1.165) is 4.47 Å². The van der Waals surface area contributed by atoms with E-state index in [9.17, 15) is 4.39 Å². The fourth-order valence-corrected chi connectivity index (χ4v) is 1.94. The van der Waals surface area contributed by atoms with Crippen molar-refractivity contribution >= 4 is 15.9 Å². The molecule has 4 heteroatoms. The first-order chi connectivity index (χ1) is 7.34. The highest BCUT2D eigenvalue weighted by atomic mass is 79.9. The number of hydrazine groups is 1. The Balaban J connectivity index is 2.90. The zero-order valence-electron chi connectivity index (χ0n) is 9.85. The van der Waals surface area contributed by atoms with E-state index in [4.69, 9.17) is 5.84 Å². The van der Waals surface area contributed by atoms with Crippen molar-refractivity contribution in [3.05, 3.63) is 34.1 Å². The first-order valence-corrected chi connectivity index (χ1v) is 6.04. The van der Waals surface area contributed by atoms with E-state index in [1.54, 1.807) is 12.1 Å². The maximum absolute atomic E-state index is 13.6. The van der Waals surface area contributed by atoms with Crippen molar-refractivity contribution in [2.45, 2.75) is 33.2 Å². The normalized spacial score (nSPS) is 13.9. The molecule has 0 fully saturated rings. The molecule has 1 aromatic rings. The van der Waals surface area contributed by atoms with Crippen molar-refractivity contribution in [1.82, 2.24) is 5.43 Å². The number of hydrogen-bond acceptors (Lipinski definition) is 2. The summed E-state index contributed by atoms with van der Waals surface area (Å²) >= 11 is 3.34. The van der Waals surface area contributed by atoms with Gasteiger partial charge in [-0.05, 0) is 35.6 Å². The monoisotopic (exact) mass is 288 g/mol. The Morgan fingerprint density at radius 3 is 2.56 bits per heavy atom. The lowest BCUT2D eigenvalue weighted by Crippen LogP contribution is -2.45. The van der Waals surface area contributed by atoms with Crippen molar-refractivity contribution < 1.29 is 4.39 Å². The van der Waals surface area contributed by atoms with Crippen LogP contribution in [-0.4, -0.2) is 6.04 Å². The minimum Gasteiger partial charge on any atom is -0.271 e. The molecule has 0 amide bonds. The maximum atomic E-state index is 13.6. The quantitative estimate of drug-likeness (QED) is 0.663. The second-order valence-electron chi connectivity index (χ2n) is 5.03. The lowest BCUT2D eigenvalue weighted by molar-refractivity contribution is 0.267. The van der Waals surface area contributed by atoms with E-state index < -0.39 is 0 Å². The van der Waals surface area contributed by atoms with Gasteiger partial charge in [0.15, 0.2) is 0 Å². The summed E-state index contributed by atoms with van der Waals surface area (Å²) in [6.07, 6.45) is 0.575. The van der Waals surface area contributed by atoms with Crippen LogP contribution in [0.5, 0.6) is 0 Å². The molecule has 16 heavy (non-hydrogen) atoms. The first-order valence-electron chi connectivity index (χ1n) is 5.24. The minimum atomic E-state index is -0.187. The van der Waals surface area contributed by atoms with E-state index in [1.807, 2.05) is 0 Å². The Bertz CT molecular complexity index is 361. The third kappa shape index (κ3) is 3.54. The molecular weight excluding hydrogens is 271 g/mol. The standard InChI is InChI=1S/C12H18BrFN2/c1-12(2,3)11(16-15)7-8-6-9(13)4-5-10(8)14/h4-6,11,16H,7,15H2,1-3H3. The van der Waals surface area contributed by atoms with Crippen LogP contribution in [0.4, 0.5) is 4.39 Å². The van der Waals surface area contributed by atoms with Gasteiger partial charge in [0, 0.05) is 10.5 Å². The maximum Gasteiger partial charge on any atom is 0.126 e. The Kier molecular flexibility index (Phi) is 4.47. The summed E-state index contributed by atoms with van der Waals surface area (Å²) in [6.45, 7) is 6.23. The molecule has 3 N–H and O–H groups in total. The lowest BCUT2D eigenvalue weighted by atomic mass is 9.83. The molecule has 0 saturated carbocycles. The van der Waals surface area contributed by atoms with E-state index in [1.165, 1.54) is 6.07 Å². The van der Waals surface area contributed by atoms with Gasteiger partial charge in [0.1, 0.15) is 5.82 Å². The molecule has 1 unspecified atom stereocenters. The Morgan fingerprint density at radius 2 is 2.06 bits per heavy atom. The number of hydrogen-bond donors (Lipinski definition) is 2. The summed E-state index contributed by atoms with van der Waals surface area (Å²) in [4.78, 5) is 0. The molecule has 0 spiro atoms. The number of rotatable bonds is 3. The lowest BCUT2D eigenvalue weighted by Gasteiger charge is -2.30. The molecular formula is C12H18BrFN2. The fraction of sp³-hybridized carbons (Fsp3) is 0.500. The highest BCUT2D eigenvalue weighted by Gasteiger charge is 2.24. The Morgan fingerprint density at radius 1 is 1.44 bits per heavy atom. The van der Waals surface area contributed by atoms with Crippen molar-refractivity contribution in [2.75, 3.05) is 0 Å². The molecule has 1 aromatic carbocycles. The molecule has 0 heterocycles. The Hall–Kier alpha value is -0.450. The second-order valence-corrected chi connectivity index (χ2v) is 5.94. The smallest absolute Gasteiger partial charge is 0.126 e. The number of halogens is 2. The van der Waals surface area contributed by atoms with Gasteiger partial charge in [0.2, 0.25) is 0 Å². The molecule has 0 saturated heterocycles. The van der Waals surface area contributed by atoms with E-state index in [0.29, 0.717) is 12.0 Å². The number of nitrogens with one attached hydrogen (secondary N) is 1. The van der Waals surface area contributed by atoms with E-state index in [-0.39, 0.29) is 17.3 Å². The number of nitrogens with two attached hydrogens (primary N) is 1. The van der Waals surface area contributed by atoms with Crippen LogP contribution < -0.4 is 11.3 Å². The van der Waals surface area contributed by atoms with Crippen molar-refractivity contribution in [1.29, 1.82) is 0 Å². The third-order valence-electron chi connectivity index (χ3n) is 2.68. The molecule has 0 radical (unpaired) electrons. The molecule has 0 bridgehead atoms. The summed E-state index contributed by atoms with van der Waals surface area (Å²) in [5.74, 6) is 5.32. The topological polar surface area (TPSA) is 38.0 Å². The molecule has 0 aliphatic rings. The van der Waals surface area contributed by atoms with Gasteiger partial charge in [-0.1, -0.05) is 36.7 Å². The molecule has 1 rings (SSSR count). The summed E-state index contributed by atoms with van der Waals surface area (Å²) in [6, 6.07) is 5.00. The zero-order valence-corrected chi connectivity index (χ0v) is 11.4. The molecule has 0 aliphatic heterocycles. The minimum absolute atomic E-state index is 0.0104. The van der Waals surface area contributed by atoms with Crippen LogP contribution >= 0.6 is 15.9 Å². The predicted molar refractivity (Wildman–Crippen MR) is 68.4 cm³/mol. The predicted octanol–water partition coefficient (Wildman–Crippen LogP) is 3.01. The molecule has 0 aliphatic carbocycles. The third-order valence-corrected chi connectivity index (χ3v) is 3.17. The van der Waals surface area contributed by atoms with Crippen LogP contribution in [0, 0.1) is 11.2 Å². The largest absolute Gasteiger partial charge is 0.271 e. The molecule has 90 valence electrons. The summed E-state index contributed by atoms with van der Waals surface area (Å²) < 4.78 is 14.4. The number of benzene rings is 1. The van der Waals surface area contributed by atoms with Crippen molar-refractivity contribution in [2.24, 2.45) is 11.3 Å². The van der Waals surface area contributed by atoms with Crippen LogP contribution in [0.15, 0.2) is 22.7 Å². The van der Waals surface area contributed by atoms with Crippen LogP contribution in [0.2, 0.25) is 0 Å². The van der Waals surface area contributed by atoms with Crippen LogP contribution in [0.3, 0.4) is 0 Å². The highest BCUT2D eigenvalue weighted by molar-refractivity contribution is 9.10. The summed E-state index contributed by atoms with van der Waals surface area (Å²) in [5, 5.41) is 0. The fourth-order valence-electron chi connectivity index (χ4n) is 1.53. The molecule has 0 aromatic heterocycles. The van der Waals surface area contributed by atoms with Crippen LogP contribution in [0.25, 0.3) is 0 Å². The molecule has 2 nitrogen and oxygen atoms in total. The van der Waals surface area contributed by atoms with Gasteiger partial charge in [-0.25, -0.2) is 4.39 Å². The Labute approximate surface area is 105 Å². The van der Waals surface area contributed by atoms with Crippen LogP contribution in [0.1, 0.15) is 26.3 Å². The van der Waals surface area contributed by atoms with Gasteiger partial charge in [0.05, 0.1) is 0 Å². The second kappa shape index (κ2) is 5.25. The van der Waals surface area contributed by atoms with Crippen molar-refractivity contribution in [3.63, 3.8) is 0 Å². The van der Waals surface area contributed by atoms with Gasteiger partial charge in [-0.15, -0.1) is 0 Å². The SMILES string of the molecule is CC(C)(C)C(Cc1cc(Br)ccc1F)NN. The van der Waals surface area contributed by atoms with E-state index >= 15 is 0 Å². The summed E-state index contributed by atoms with van der Waals surface area (Å²) in [7, 11) is 0. The van der Waals surface area contributed by atoms with Gasteiger partial charge < -0.3 is 0 Å². The first kappa shape index (κ1) is 13.6. The molecule has 1 atom stereocenters. The van der Waals surface area contributed by atoms with Gasteiger partial charge in [0.25, 0.3) is 0 Å². The average molecular weight is 289 g/mol. The average Bonchev–Trinajstić information content (AvgIpc) is 2.17. The van der Waals surface area contributed by atoms with Crippen molar-refractivity contribution in [3.8, 4) is 0 Å². The summed E-state index contributed by atoms with van der Waals surface area (Å²) in [5.41, 5.74) is 3.42. The van der Waals surface area contributed by atoms with Gasteiger partial charge in [-0.3, -0.25) is 11.3 Å². The van der Waals surface area contributed by atoms with E-state index in [2.05, 4.69) is 42.1 Å². The van der Waals surface area contributed by atoms with Crippen LogP contribution in [-0.2, 0) is 6.42 Å². The van der Waals surface area contributed by atoms with Gasteiger partial charge in [-0.2, -0.15) is 0 Å². The van der Waals surface area contributed by atoms with Gasteiger partial charge >= 0.3 is 0 Å². The zero-order chi connectivity index (χ0) is 12.3.